The van der Waals surface area contributed by atoms with Crippen LogP contribution in [0.3, 0.4) is 0 Å². The molecule has 2 aromatic heterocycles. The summed E-state index contributed by atoms with van der Waals surface area (Å²) in [4.78, 5) is 9.59. The number of aromatic nitrogens is 2. The summed E-state index contributed by atoms with van der Waals surface area (Å²) in [5, 5.41) is 6.40. The van der Waals surface area contributed by atoms with Gasteiger partial charge in [-0.05, 0) is 23.6 Å². The Balaban J connectivity index is 1.63. The molecule has 0 amide bonds. The van der Waals surface area contributed by atoms with E-state index in [9.17, 15) is 0 Å². The van der Waals surface area contributed by atoms with Crippen LogP contribution < -0.4 is 10.1 Å². The van der Waals surface area contributed by atoms with Gasteiger partial charge in [0.1, 0.15) is 28.8 Å². The molecule has 1 atom stereocenters. The maximum Gasteiger partial charge on any atom is 0.143 e. The maximum absolute atomic E-state index is 6.04. The number of ether oxygens (including phenoxy) is 2. The SMILES string of the molecule is c1ccc(OC2CCOC2)c(Nc2ncnc3sccc23)c1. The molecule has 22 heavy (non-hydrogen) atoms. The number of nitrogens with one attached hydrogen (secondary N) is 1. The first-order valence-corrected chi connectivity index (χ1v) is 8.07. The summed E-state index contributed by atoms with van der Waals surface area (Å²) >= 11 is 1.60. The van der Waals surface area contributed by atoms with Gasteiger partial charge in [0.05, 0.1) is 24.3 Å². The topological polar surface area (TPSA) is 56.3 Å². The minimum Gasteiger partial charge on any atom is -0.486 e. The molecule has 3 aromatic rings. The second kappa shape index (κ2) is 5.90. The molecule has 3 heterocycles. The standard InChI is InChI=1S/C16H15N3O2S/c1-2-4-14(21-11-5-7-20-9-11)13(3-1)19-15-12-6-8-22-16(12)18-10-17-15/h1-4,6,8,10-11H,5,7,9H2,(H,17,18,19). The van der Waals surface area contributed by atoms with Crippen molar-refractivity contribution in [2.45, 2.75) is 12.5 Å². The van der Waals surface area contributed by atoms with Crippen molar-refractivity contribution < 1.29 is 9.47 Å². The van der Waals surface area contributed by atoms with Gasteiger partial charge in [0.2, 0.25) is 0 Å². The Bertz CT molecular complexity index is 784. The van der Waals surface area contributed by atoms with Gasteiger partial charge < -0.3 is 14.8 Å². The molecule has 112 valence electrons. The molecule has 5 nitrogen and oxygen atoms in total. The largest absolute Gasteiger partial charge is 0.486 e. The summed E-state index contributed by atoms with van der Waals surface area (Å²) in [6.07, 6.45) is 2.63. The van der Waals surface area contributed by atoms with Gasteiger partial charge in [0.25, 0.3) is 0 Å². The van der Waals surface area contributed by atoms with Gasteiger partial charge >= 0.3 is 0 Å². The minimum atomic E-state index is 0.120. The van der Waals surface area contributed by atoms with E-state index in [1.54, 1.807) is 17.7 Å². The van der Waals surface area contributed by atoms with Crippen molar-refractivity contribution in [3.63, 3.8) is 0 Å². The smallest absolute Gasteiger partial charge is 0.143 e. The lowest BCUT2D eigenvalue weighted by Gasteiger charge is -2.16. The molecule has 1 aromatic carbocycles. The zero-order valence-electron chi connectivity index (χ0n) is 11.9. The van der Waals surface area contributed by atoms with E-state index >= 15 is 0 Å². The average molecular weight is 313 g/mol. The second-order valence-corrected chi connectivity index (χ2v) is 5.98. The van der Waals surface area contributed by atoms with Gasteiger partial charge in [0.15, 0.2) is 0 Å². The van der Waals surface area contributed by atoms with Crippen LogP contribution in [0.2, 0.25) is 0 Å². The van der Waals surface area contributed by atoms with E-state index in [0.717, 1.165) is 40.5 Å². The Morgan fingerprint density at radius 1 is 1.23 bits per heavy atom. The van der Waals surface area contributed by atoms with E-state index in [2.05, 4.69) is 15.3 Å². The molecule has 1 saturated heterocycles. The van der Waals surface area contributed by atoms with E-state index in [1.807, 2.05) is 35.7 Å². The first-order valence-electron chi connectivity index (χ1n) is 7.19. The van der Waals surface area contributed by atoms with E-state index in [-0.39, 0.29) is 6.10 Å². The van der Waals surface area contributed by atoms with Crippen LogP contribution in [-0.4, -0.2) is 29.3 Å². The van der Waals surface area contributed by atoms with Crippen molar-refractivity contribution in [3.05, 3.63) is 42.0 Å². The third-order valence-electron chi connectivity index (χ3n) is 3.58. The van der Waals surface area contributed by atoms with Crippen molar-refractivity contribution in [2.75, 3.05) is 18.5 Å². The highest BCUT2D eigenvalue weighted by Gasteiger charge is 2.18. The Kier molecular flexibility index (Phi) is 3.62. The van der Waals surface area contributed by atoms with Gasteiger partial charge in [-0.15, -0.1) is 11.3 Å². The molecule has 1 fully saturated rings. The zero-order chi connectivity index (χ0) is 14.8. The van der Waals surface area contributed by atoms with Crippen molar-refractivity contribution >= 4 is 33.1 Å². The number of para-hydroxylation sites is 2. The van der Waals surface area contributed by atoms with Crippen LogP contribution in [0.15, 0.2) is 42.0 Å². The Hall–Kier alpha value is -2.18. The fourth-order valence-corrected chi connectivity index (χ4v) is 3.21. The summed E-state index contributed by atoms with van der Waals surface area (Å²) in [5.41, 5.74) is 0.903. The van der Waals surface area contributed by atoms with E-state index in [1.165, 1.54) is 0 Å². The average Bonchev–Trinajstić information content (AvgIpc) is 3.21. The fraction of sp³-hybridized carbons (Fsp3) is 0.250. The summed E-state index contributed by atoms with van der Waals surface area (Å²) in [6.45, 7) is 1.41. The summed E-state index contributed by atoms with van der Waals surface area (Å²) in [6, 6.07) is 9.93. The molecule has 1 unspecified atom stereocenters. The molecule has 6 heteroatoms. The predicted octanol–water partition coefficient (Wildman–Crippen LogP) is 3.60. The minimum absolute atomic E-state index is 0.120. The lowest BCUT2D eigenvalue weighted by atomic mass is 10.2. The predicted molar refractivity (Wildman–Crippen MR) is 87.0 cm³/mol. The number of nitrogens with zero attached hydrogens (tertiary/aromatic N) is 2. The quantitative estimate of drug-likeness (QED) is 0.797. The molecule has 0 bridgehead atoms. The number of hydrogen-bond donors (Lipinski definition) is 1. The van der Waals surface area contributed by atoms with Gasteiger partial charge in [0, 0.05) is 6.42 Å². The first kappa shape index (κ1) is 13.5. The van der Waals surface area contributed by atoms with E-state index in [0.29, 0.717) is 6.61 Å². The molecular weight excluding hydrogens is 298 g/mol. The third-order valence-corrected chi connectivity index (χ3v) is 4.40. The van der Waals surface area contributed by atoms with Crippen molar-refractivity contribution in [1.29, 1.82) is 0 Å². The Labute approximate surface area is 131 Å². The number of anilines is 2. The van der Waals surface area contributed by atoms with Crippen molar-refractivity contribution in [2.24, 2.45) is 0 Å². The highest BCUT2D eigenvalue weighted by atomic mass is 32.1. The molecule has 0 radical (unpaired) electrons. The van der Waals surface area contributed by atoms with Crippen molar-refractivity contribution in [1.82, 2.24) is 9.97 Å². The Morgan fingerprint density at radius 2 is 2.18 bits per heavy atom. The molecule has 0 saturated carbocycles. The molecule has 1 aliphatic heterocycles. The number of thiophene rings is 1. The van der Waals surface area contributed by atoms with Crippen LogP contribution in [0.5, 0.6) is 5.75 Å². The number of hydrogen-bond acceptors (Lipinski definition) is 6. The molecular formula is C16H15N3O2S. The van der Waals surface area contributed by atoms with Gasteiger partial charge in [-0.3, -0.25) is 0 Å². The summed E-state index contributed by atoms with van der Waals surface area (Å²) in [5.74, 6) is 1.62. The molecule has 4 rings (SSSR count). The van der Waals surface area contributed by atoms with Crippen LogP contribution in [0.1, 0.15) is 6.42 Å². The lowest BCUT2D eigenvalue weighted by molar-refractivity contribution is 0.142. The van der Waals surface area contributed by atoms with Crippen LogP contribution >= 0.6 is 11.3 Å². The van der Waals surface area contributed by atoms with Gasteiger partial charge in [-0.1, -0.05) is 12.1 Å². The van der Waals surface area contributed by atoms with Crippen molar-refractivity contribution in [3.8, 4) is 5.75 Å². The third kappa shape index (κ3) is 2.63. The van der Waals surface area contributed by atoms with Crippen LogP contribution in [-0.2, 0) is 4.74 Å². The summed E-state index contributed by atoms with van der Waals surface area (Å²) < 4.78 is 11.4. The number of benzene rings is 1. The van der Waals surface area contributed by atoms with Crippen LogP contribution in [0.25, 0.3) is 10.2 Å². The molecule has 0 aliphatic carbocycles. The van der Waals surface area contributed by atoms with Crippen LogP contribution in [0.4, 0.5) is 11.5 Å². The summed E-state index contributed by atoms with van der Waals surface area (Å²) in [7, 11) is 0. The highest BCUT2D eigenvalue weighted by molar-refractivity contribution is 7.16. The van der Waals surface area contributed by atoms with Crippen LogP contribution in [0, 0.1) is 0 Å². The highest BCUT2D eigenvalue weighted by Crippen LogP contribution is 2.32. The fourth-order valence-electron chi connectivity index (χ4n) is 2.48. The number of rotatable bonds is 4. The van der Waals surface area contributed by atoms with Gasteiger partial charge in [-0.25, -0.2) is 9.97 Å². The monoisotopic (exact) mass is 313 g/mol. The normalized spacial score (nSPS) is 17.7. The molecule has 0 spiro atoms. The lowest BCUT2D eigenvalue weighted by Crippen LogP contribution is -2.16. The van der Waals surface area contributed by atoms with E-state index in [4.69, 9.17) is 9.47 Å². The maximum atomic E-state index is 6.04. The molecule has 1 aliphatic rings. The second-order valence-electron chi connectivity index (χ2n) is 5.09. The van der Waals surface area contributed by atoms with E-state index < -0.39 is 0 Å². The Morgan fingerprint density at radius 3 is 3.09 bits per heavy atom. The zero-order valence-corrected chi connectivity index (χ0v) is 12.7. The van der Waals surface area contributed by atoms with Gasteiger partial charge in [-0.2, -0.15) is 0 Å². The first-order chi connectivity index (χ1) is 10.9. The number of fused-ring (bicyclic) bond motifs is 1. The molecule has 1 N–H and O–H groups in total.